The second kappa shape index (κ2) is 6.54. The standard InChI is InChI=1S/C18H23N5/c1-2-7-17-21-22-18(23(17)12-3-1)9-10-19-13-14-5-4-6-16-15(14)8-11-20-16/h4-6,8,11,19-20H,1-3,7,9-10,12-13H2. The fourth-order valence-corrected chi connectivity index (χ4v) is 3.46. The van der Waals surface area contributed by atoms with E-state index in [9.17, 15) is 0 Å². The molecule has 0 atom stereocenters. The van der Waals surface area contributed by atoms with Crippen molar-refractivity contribution in [3.63, 3.8) is 0 Å². The number of nitrogens with zero attached hydrogens (tertiary/aromatic N) is 3. The third-order valence-electron chi connectivity index (χ3n) is 4.71. The van der Waals surface area contributed by atoms with Gasteiger partial charge in [-0.2, -0.15) is 0 Å². The number of benzene rings is 1. The van der Waals surface area contributed by atoms with Gasteiger partial charge in [0.05, 0.1) is 0 Å². The quantitative estimate of drug-likeness (QED) is 0.713. The van der Waals surface area contributed by atoms with Crippen LogP contribution in [-0.4, -0.2) is 26.3 Å². The van der Waals surface area contributed by atoms with Gasteiger partial charge in [-0.05, 0) is 30.5 Å². The van der Waals surface area contributed by atoms with Gasteiger partial charge in [-0.3, -0.25) is 0 Å². The summed E-state index contributed by atoms with van der Waals surface area (Å²) >= 11 is 0. The third-order valence-corrected chi connectivity index (χ3v) is 4.71. The van der Waals surface area contributed by atoms with Crippen LogP contribution in [0.5, 0.6) is 0 Å². The van der Waals surface area contributed by atoms with Crippen LogP contribution in [0.2, 0.25) is 0 Å². The van der Waals surface area contributed by atoms with Crippen LogP contribution in [0.25, 0.3) is 10.9 Å². The lowest BCUT2D eigenvalue weighted by molar-refractivity contribution is 0.588. The third kappa shape index (κ3) is 3.01. The number of aryl methyl sites for hydroxylation is 1. The Morgan fingerprint density at radius 1 is 1.13 bits per heavy atom. The predicted octanol–water partition coefficient (Wildman–Crippen LogP) is 2.82. The normalized spacial score (nSPS) is 14.8. The molecular formula is C18H23N5. The van der Waals surface area contributed by atoms with Gasteiger partial charge >= 0.3 is 0 Å². The van der Waals surface area contributed by atoms with Crippen LogP contribution in [-0.2, 0) is 25.9 Å². The molecule has 0 unspecified atom stereocenters. The number of rotatable bonds is 5. The van der Waals surface area contributed by atoms with Crippen LogP contribution < -0.4 is 5.32 Å². The van der Waals surface area contributed by atoms with E-state index in [1.165, 1.54) is 41.6 Å². The Morgan fingerprint density at radius 2 is 2.13 bits per heavy atom. The summed E-state index contributed by atoms with van der Waals surface area (Å²) in [5.41, 5.74) is 2.54. The lowest BCUT2D eigenvalue weighted by Crippen LogP contribution is -2.19. The van der Waals surface area contributed by atoms with Gasteiger partial charge in [0.25, 0.3) is 0 Å². The van der Waals surface area contributed by atoms with E-state index in [0.29, 0.717) is 0 Å². The fraction of sp³-hybridized carbons (Fsp3) is 0.444. The molecule has 1 aromatic carbocycles. The van der Waals surface area contributed by atoms with Crippen LogP contribution in [0.3, 0.4) is 0 Å². The van der Waals surface area contributed by atoms with Gasteiger partial charge < -0.3 is 14.9 Å². The molecule has 3 aromatic rings. The average molecular weight is 309 g/mol. The van der Waals surface area contributed by atoms with Crippen LogP contribution in [0, 0.1) is 0 Å². The highest BCUT2D eigenvalue weighted by Gasteiger charge is 2.14. The molecule has 0 saturated carbocycles. The molecule has 0 fully saturated rings. The Kier molecular flexibility index (Phi) is 4.11. The first-order valence-electron chi connectivity index (χ1n) is 8.58. The number of H-pyrrole nitrogens is 1. The first kappa shape index (κ1) is 14.5. The van der Waals surface area contributed by atoms with Gasteiger partial charge in [0.2, 0.25) is 0 Å². The monoisotopic (exact) mass is 309 g/mol. The lowest BCUT2D eigenvalue weighted by Gasteiger charge is -2.08. The molecule has 2 N–H and O–H groups in total. The van der Waals surface area contributed by atoms with E-state index in [1.54, 1.807) is 0 Å². The number of hydrogen-bond donors (Lipinski definition) is 2. The number of aromatic nitrogens is 4. The largest absolute Gasteiger partial charge is 0.361 e. The molecule has 5 nitrogen and oxygen atoms in total. The first-order valence-corrected chi connectivity index (χ1v) is 8.58. The maximum absolute atomic E-state index is 4.39. The van der Waals surface area contributed by atoms with Gasteiger partial charge in [-0.15, -0.1) is 10.2 Å². The second-order valence-electron chi connectivity index (χ2n) is 6.28. The minimum Gasteiger partial charge on any atom is -0.361 e. The van der Waals surface area contributed by atoms with E-state index < -0.39 is 0 Å². The summed E-state index contributed by atoms with van der Waals surface area (Å²) in [7, 11) is 0. The molecule has 23 heavy (non-hydrogen) atoms. The van der Waals surface area contributed by atoms with Crippen LogP contribution >= 0.6 is 0 Å². The molecule has 0 radical (unpaired) electrons. The molecule has 4 rings (SSSR count). The molecule has 1 aliphatic heterocycles. The van der Waals surface area contributed by atoms with Crippen molar-refractivity contribution in [3.05, 3.63) is 47.7 Å². The fourth-order valence-electron chi connectivity index (χ4n) is 3.46. The van der Waals surface area contributed by atoms with Gasteiger partial charge in [0.1, 0.15) is 11.6 Å². The van der Waals surface area contributed by atoms with Crippen molar-refractivity contribution in [2.45, 2.75) is 45.2 Å². The minimum atomic E-state index is 0.885. The van der Waals surface area contributed by atoms with Gasteiger partial charge in [-0.25, -0.2) is 0 Å². The molecular weight excluding hydrogens is 286 g/mol. The molecule has 0 saturated heterocycles. The zero-order chi connectivity index (χ0) is 15.5. The minimum absolute atomic E-state index is 0.885. The highest BCUT2D eigenvalue weighted by Crippen LogP contribution is 2.17. The van der Waals surface area contributed by atoms with Crippen LogP contribution in [0.4, 0.5) is 0 Å². The van der Waals surface area contributed by atoms with E-state index in [0.717, 1.165) is 38.3 Å². The summed E-state index contributed by atoms with van der Waals surface area (Å²) in [6, 6.07) is 8.55. The Morgan fingerprint density at radius 3 is 3.13 bits per heavy atom. The topological polar surface area (TPSA) is 58.5 Å². The summed E-state index contributed by atoms with van der Waals surface area (Å²) in [6.07, 6.45) is 7.82. The maximum Gasteiger partial charge on any atom is 0.134 e. The number of fused-ring (bicyclic) bond motifs is 2. The molecule has 120 valence electrons. The van der Waals surface area contributed by atoms with Gasteiger partial charge in [0.15, 0.2) is 0 Å². The van der Waals surface area contributed by atoms with Crippen molar-refractivity contribution in [2.24, 2.45) is 0 Å². The Hall–Kier alpha value is -2.14. The number of nitrogens with one attached hydrogen (secondary N) is 2. The summed E-state index contributed by atoms with van der Waals surface area (Å²) in [5, 5.41) is 13.6. The van der Waals surface area contributed by atoms with Crippen molar-refractivity contribution in [1.82, 2.24) is 25.1 Å². The zero-order valence-corrected chi connectivity index (χ0v) is 13.4. The lowest BCUT2D eigenvalue weighted by atomic mass is 10.1. The number of hydrogen-bond acceptors (Lipinski definition) is 3. The van der Waals surface area contributed by atoms with Crippen LogP contribution in [0.1, 0.15) is 36.5 Å². The van der Waals surface area contributed by atoms with Crippen LogP contribution in [0.15, 0.2) is 30.5 Å². The van der Waals surface area contributed by atoms with E-state index >= 15 is 0 Å². The van der Waals surface area contributed by atoms with E-state index in [1.807, 2.05) is 6.20 Å². The van der Waals surface area contributed by atoms with E-state index in [2.05, 4.69) is 49.3 Å². The molecule has 0 aliphatic carbocycles. The summed E-state index contributed by atoms with van der Waals surface area (Å²) in [5.74, 6) is 2.31. The van der Waals surface area contributed by atoms with E-state index in [-0.39, 0.29) is 0 Å². The number of aromatic amines is 1. The van der Waals surface area contributed by atoms with Crippen molar-refractivity contribution in [2.75, 3.05) is 6.54 Å². The Labute approximate surface area is 136 Å². The Balaban J connectivity index is 1.36. The molecule has 5 heteroatoms. The predicted molar refractivity (Wildman–Crippen MR) is 91.3 cm³/mol. The molecule has 0 amide bonds. The molecule has 2 aromatic heterocycles. The zero-order valence-electron chi connectivity index (χ0n) is 13.4. The Bertz CT molecular complexity index is 786. The van der Waals surface area contributed by atoms with Crippen molar-refractivity contribution in [3.8, 4) is 0 Å². The van der Waals surface area contributed by atoms with Crippen molar-refractivity contribution >= 4 is 10.9 Å². The molecule has 0 spiro atoms. The first-order chi connectivity index (χ1) is 11.4. The summed E-state index contributed by atoms with van der Waals surface area (Å²) in [6.45, 7) is 2.90. The van der Waals surface area contributed by atoms with Gasteiger partial charge in [0, 0.05) is 49.6 Å². The molecule has 0 bridgehead atoms. The highest BCUT2D eigenvalue weighted by atomic mass is 15.3. The average Bonchev–Trinajstić information content (AvgIpc) is 3.13. The summed E-state index contributed by atoms with van der Waals surface area (Å²) in [4.78, 5) is 3.26. The van der Waals surface area contributed by atoms with E-state index in [4.69, 9.17) is 0 Å². The SMILES string of the molecule is c1cc(CNCCc2nnc3n2CCCCC3)c2cc[nH]c2c1. The second-order valence-corrected chi connectivity index (χ2v) is 6.28. The smallest absolute Gasteiger partial charge is 0.134 e. The maximum atomic E-state index is 4.39. The molecule has 3 heterocycles. The highest BCUT2D eigenvalue weighted by molar-refractivity contribution is 5.82. The van der Waals surface area contributed by atoms with Crippen molar-refractivity contribution in [1.29, 1.82) is 0 Å². The van der Waals surface area contributed by atoms with Crippen molar-refractivity contribution < 1.29 is 0 Å². The van der Waals surface area contributed by atoms with Gasteiger partial charge in [-0.1, -0.05) is 18.6 Å². The molecule has 1 aliphatic rings. The summed E-state index contributed by atoms with van der Waals surface area (Å²) < 4.78 is 2.33.